The van der Waals surface area contributed by atoms with Gasteiger partial charge in [0.15, 0.2) is 0 Å². The van der Waals surface area contributed by atoms with Crippen molar-refractivity contribution in [3.05, 3.63) is 65.6 Å². The van der Waals surface area contributed by atoms with Crippen LogP contribution in [0.3, 0.4) is 0 Å². The number of benzene rings is 2. The molecule has 5 heteroatoms. The molecule has 2 N–H and O–H groups in total. The lowest BCUT2D eigenvalue weighted by molar-refractivity contribution is -0.118. The van der Waals surface area contributed by atoms with Crippen LogP contribution in [0.2, 0.25) is 0 Å². The van der Waals surface area contributed by atoms with Gasteiger partial charge in [-0.1, -0.05) is 6.07 Å². The van der Waals surface area contributed by atoms with Gasteiger partial charge in [-0.3, -0.25) is 4.79 Å². The Hall–Kier alpha value is -3.13. The number of nitrogens with one attached hydrogen (secondary N) is 2. The van der Waals surface area contributed by atoms with Gasteiger partial charge in [0.25, 0.3) is 0 Å². The van der Waals surface area contributed by atoms with Crippen LogP contribution in [0.1, 0.15) is 24.0 Å². The van der Waals surface area contributed by atoms with Crippen molar-refractivity contribution in [3.63, 3.8) is 0 Å². The number of nitriles is 1. The number of hydrogen-bond donors (Lipinski definition) is 2. The number of halogens is 1. The number of amides is 1. The second-order valence-corrected chi connectivity index (χ2v) is 6.12. The maximum atomic E-state index is 13.6. The number of nitrogens with zero attached hydrogens (tertiary/aromatic N) is 1. The van der Waals surface area contributed by atoms with Gasteiger partial charge in [0.2, 0.25) is 5.91 Å². The molecule has 1 fully saturated rings. The van der Waals surface area contributed by atoms with Gasteiger partial charge in [0, 0.05) is 22.8 Å². The third kappa shape index (κ3) is 2.24. The summed E-state index contributed by atoms with van der Waals surface area (Å²) in [7, 11) is 0. The molecule has 0 radical (unpaired) electrons. The number of H-pyrrole nitrogens is 1. The first-order chi connectivity index (χ1) is 11.6. The van der Waals surface area contributed by atoms with Gasteiger partial charge in [-0.25, -0.2) is 4.39 Å². The molecular weight excluding hydrogens is 305 g/mol. The van der Waals surface area contributed by atoms with Crippen molar-refractivity contribution in [3.8, 4) is 6.07 Å². The van der Waals surface area contributed by atoms with Gasteiger partial charge in [0.1, 0.15) is 5.82 Å². The minimum atomic E-state index is -0.630. The molecule has 0 aliphatic heterocycles. The van der Waals surface area contributed by atoms with E-state index in [2.05, 4.69) is 16.4 Å². The second kappa shape index (κ2) is 5.20. The fourth-order valence-electron chi connectivity index (χ4n) is 3.15. The summed E-state index contributed by atoms with van der Waals surface area (Å²) in [5, 5.41) is 12.6. The van der Waals surface area contributed by atoms with E-state index in [-0.39, 0.29) is 11.7 Å². The largest absolute Gasteiger partial charge is 0.361 e. The van der Waals surface area contributed by atoms with Gasteiger partial charge >= 0.3 is 0 Å². The van der Waals surface area contributed by atoms with Crippen LogP contribution in [0.25, 0.3) is 10.9 Å². The third-order valence-electron chi connectivity index (χ3n) is 4.59. The molecule has 1 aliphatic rings. The first kappa shape index (κ1) is 14.5. The monoisotopic (exact) mass is 319 g/mol. The highest BCUT2D eigenvalue weighted by Gasteiger charge is 2.52. The van der Waals surface area contributed by atoms with E-state index in [4.69, 9.17) is 5.26 Å². The summed E-state index contributed by atoms with van der Waals surface area (Å²) in [5.74, 6) is -0.441. The van der Waals surface area contributed by atoms with Gasteiger partial charge in [0.05, 0.1) is 17.0 Å². The molecule has 0 unspecified atom stereocenters. The lowest BCUT2D eigenvalue weighted by atomic mass is 9.94. The van der Waals surface area contributed by atoms with Crippen molar-refractivity contribution in [2.24, 2.45) is 0 Å². The van der Waals surface area contributed by atoms with Crippen LogP contribution in [-0.2, 0) is 10.2 Å². The topological polar surface area (TPSA) is 68.7 Å². The molecule has 1 heterocycles. The Kier molecular flexibility index (Phi) is 3.14. The summed E-state index contributed by atoms with van der Waals surface area (Å²) < 4.78 is 13.6. The Balaban J connectivity index is 1.68. The zero-order chi connectivity index (χ0) is 16.7. The summed E-state index contributed by atoms with van der Waals surface area (Å²) in [6.45, 7) is 0. The van der Waals surface area contributed by atoms with Crippen molar-refractivity contribution in [2.75, 3.05) is 5.32 Å². The Labute approximate surface area is 137 Å². The number of fused-ring (bicyclic) bond motifs is 1. The van der Waals surface area contributed by atoms with E-state index in [1.54, 1.807) is 36.5 Å². The summed E-state index contributed by atoms with van der Waals surface area (Å²) in [6.07, 6.45) is 3.24. The average Bonchev–Trinajstić information content (AvgIpc) is 3.29. The Bertz CT molecular complexity index is 995. The molecule has 1 aliphatic carbocycles. The summed E-state index contributed by atoms with van der Waals surface area (Å²) >= 11 is 0. The van der Waals surface area contributed by atoms with Gasteiger partial charge < -0.3 is 10.3 Å². The summed E-state index contributed by atoms with van der Waals surface area (Å²) in [6, 6.07) is 13.4. The van der Waals surface area contributed by atoms with E-state index in [9.17, 15) is 9.18 Å². The number of rotatable bonds is 3. The van der Waals surface area contributed by atoms with Crippen LogP contribution < -0.4 is 5.32 Å². The zero-order valence-corrected chi connectivity index (χ0v) is 12.8. The molecule has 4 nitrogen and oxygen atoms in total. The van der Waals surface area contributed by atoms with Crippen molar-refractivity contribution >= 4 is 22.5 Å². The minimum absolute atomic E-state index is 0.122. The van der Waals surface area contributed by atoms with E-state index >= 15 is 0 Å². The van der Waals surface area contributed by atoms with Crippen molar-refractivity contribution < 1.29 is 9.18 Å². The number of aromatic amines is 1. The maximum Gasteiger partial charge on any atom is 0.235 e. The number of carbonyl (C=O) groups excluding carboxylic acids is 1. The Morgan fingerprint density at radius 1 is 1.25 bits per heavy atom. The Morgan fingerprint density at radius 3 is 2.83 bits per heavy atom. The van der Waals surface area contributed by atoms with Crippen LogP contribution in [0.4, 0.5) is 10.1 Å². The molecule has 0 atom stereocenters. The van der Waals surface area contributed by atoms with E-state index < -0.39 is 5.41 Å². The minimum Gasteiger partial charge on any atom is -0.361 e. The zero-order valence-electron chi connectivity index (χ0n) is 12.8. The van der Waals surface area contributed by atoms with Crippen LogP contribution in [0.15, 0.2) is 48.7 Å². The van der Waals surface area contributed by atoms with Crippen LogP contribution in [0.5, 0.6) is 0 Å². The van der Waals surface area contributed by atoms with Crippen molar-refractivity contribution in [2.45, 2.75) is 18.3 Å². The van der Waals surface area contributed by atoms with Gasteiger partial charge in [-0.2, -0.15) is 5.26 Å². The lowest BCUT2D eigenvalue weighted by Gasteiger charge is -2.15. The summed E-state index contributed by atoms with van der Waals surface area (Å²) in [4.78, 5) is 15.9. The first-order valence-corrected chi connectivity index (χ1v) is 7.71. The van der Waals surface area contributed by atoms with Crippen LogP contribution >= 0.6 is 0 Å². The standard InChI is InChI=1S/C19H14FN3O/c20-13-4-5-17-15(9-13)16(11-22-17)19(6-7-19)18(24)23-14-3-1-2-12(8-14)10-21/h1-5,8-9,11,22H,6-7H2,(H,23,24). The predicted molar refractivity (Wildman–Crippen MR) is 89.0 cm³/mol. The number of aromatic nitrogens is 1. The molecule has 1 saturated carbocycles. The third-order valence-corrected chi connectivity index (χ3v) is 4.59. The molecular formula is C19H14FN3O. The quantitative estimate of drug-likeness (QED) is 0.770. The fourth-order valence-corrected chi connectivity index (χ4v) is 3.15. The number of hydrogen-bond acceptors (Lipinski definition) is 2. The predicted octanol–water partition coefficient (Wildman–Crippen LogP) is 3.85. The molecule has 3 aromatic rings. The first-order valence-electron chi connectivity index (χ1n) is 7.71. The lowest BCUT2D eigenvalue weighted by Crippen LogP contribution is -2.27. The smallest absolute Gasteiger partial charge is 0.235 e. The highest BCUT2D eigenvalue weighted by atomic mass is 19.1. The molecule has 0 spiro atoms. The maximum absolute atomic E-state index is 13.6. The van der Waals surface area contributed by atoms with Gasteiger partial charge in [-0.05, 0) is 54.8 Å². The molecule has 24 heavy (non-hydrogen) atoms. The molecule has 1 amide bonds. The molecule has 1 aromatic heterocycles. The SMILES string of the molecule is N#Cc1cccc(NC(=O)C2(c3c[nH]c4ccc(F)cc34)CC2)c1. The highest BCUT2D eigenvalue weighted by molar-refractivity contribution is 6.04. The average molecular weight is 319 g/mol. The van der Waals surface area contributed by atoms with Crippen LogP contribution in [0, 0.1) is 17.1 Å². The molecule has 2 aromatic carbocycles. The Morgan fingerprint density at radius 2 is 2.08 bits per heavy atom. The molecule has 0 saturated heterocycles. The van der Waals surface area contributed by atoms with Crippen molar-refractivity contribution in [1.29, 1.82) is 5.26 Å². The van der Waals surface area contributed by atoms with E-state index in [1.165, 1.54) is 12.1 Å². The normalized spacial score (nSPS) is 15.0. The second-order valence-electron chi connectivity index (χ2n) is 6.12. The number of anilines is 1. The number of carbonyl (C=O) groups is 1. The van der Waals surface area contributed by atoms with Crippen molar-refractivity contribution in [1.82, 2.24) is 4.98 Å². The van der Waals surface area contributed by atoms with E-state index in [1.807, 2.05) is 0 Å². The van der Waals surface area contributed by atoms with E-state index in [0.717, 1.165) is 29.3 Å². The van der Waals surface area contributed by atoms with Gasteiger partial charge in [-0.15, -0.1) is 0 Å². The molecule has 118 valence electrons. The molecule has 0 bridgehead atoms. The fraction of sp³-hybridized carbons (Fsp3) is 0.158. The molecule has 4 rings (SSSR count). The van der Waals surface area contributed by atoms with Crippen LogP contribution in [-0.4, -0.2) is 10.9 Å². The van der Waals surface area contributed by atoms with E-state index in [0.29, 0.717) is 11.3 Å². The highest BCUT2D eigenvalue weighted by Crippen LogP contribution is 2.51. The summed E-state index contributed by atoms with van der Waals surface area (Å²) in [5.41, 5.74) is 2.10.